The van der Waals surface area contributed by atoms with Crippen molar-refractivity contribution in [2.75, 3.05) is 11.9 Å². The summed E-state index contributed by atoms with van der Waals surface area (Å²) < 4.78 is 0. The van der Waals surface area contributed by atoms with Gasteiger partial charge in [-0.1, -0.05) is 25.4 Å². The van der Waals surface area contributed by atoms with Crippen LogP contribution in [0, 0.1) is 5.92 Å². The minimum Gasteiger partial charge on any atom is -0.478 e. The van der Waals surface area contributed by atoms with Gasteiger partial charge in [-0.2, -0.15) is 0 Å². The third kappa shape index (κ3) is 3.47. The van der Waals surface area contributed by atoms with Crippen LogP contribution in [0.4, 0.5) is 10.5 Å². The number of amides is 2. The maximum Gasteiger partial charge on any atom is 0.335 e. The van der Waals surface area contributed by atoms with Gasteiger partial charge in [0.25, 0.3) is 0 Å². The number of nitrogens with zero attached hydrogens (tertiary/aromatic N) is 1. The Morgan fingerprint density at radius 3 is 2.71 bits per heavy atom. The molecule has 0 spiro atoms. The van der Waals surface area contributed by atoms with Crippen LogP contribution in [0.3, 0.4) is 0 Å². The van der Waals surface area contributed by atoms with Crippen molar-refractivity contribution < 1.29 is 14.7 Å². The fourth-order valence-electron chi connectivity index (χ4n) is 2.67. The van der Waals surface area contributed by atoms with Crippen molar-refractivity contribution in [3.63, 3.8) is 0 Å². The predicted molar refractivity (Wildman–Crippen MR) is 82.0 cm³/mol. The number of halogens is 1. The van der Waals surface area contributed by atoms with Gasteiger partial charge in [-0.15, -0.1) is 0 Å². The highest BCUT2D eigenvalue weighted by Crippen LogP contribution is 2.27. The lowest BCUT2D eigenvalue weighted by atomic mass is 10.0. The second-order valence-electron chi connectivity index (χ2n) is 5.58. The molecule has 2 amide bonds. The Labute approximate surface area is 128 Å². The number of nitrogens with one attached hydrogen (secondary N) is 1. The number of rotatable bonds is 3. The molecular formula is C15H19ClN2O3. The van der Waals surface area contributed by atoms with Crippen molar-refractivity contribution in [1.82, 2.24) is 4.90 Å². The van der Waals surface area contributed by atoms with Gasteiger partial charge in [0.15, 0.2) is 0 Å². The van der Waals surface area contributed by atoms with Crippen LogP contribution < -0.4 is 5.32 Å². The lowest BCUT2D eigenvalue weighted by Crippen LogP contribution is -2.41. The second-order valence-corrected chi connectivity index (χ2v) is 5.98. The highest BCUT2D eigenvalue weighted by molar-refractivity contribution is 6.34. The number of likely N-dealkylation sites (tertiary alicyclic amines) is 1. The molecule has 2 rings (SSSR count). The lowest BCUT2D eigenvalue weighted by Gasteiger charge is -2.28. The zero-order valence-corrected chi connectivity index (χ0v) is 12.9. The number of benzene rings is 1. The molecule has 1 aliphatic rings. The summed E-state index contributed by atoms with van der Waals surface area (Å²) >= 11 is 6.03. The van der Waals surface area contributed by atoms with E-state index in [1.165, 1.54) is 18.2 Å². The molecule has 5 nitrogen and oxygen atoms in total. The number of carboxylic acid groups (broad SMARTS) is 1. The van der Waals surface area contributed by atoms with Gasteiger partial charge in [-0.25, -0.2) is 9.59 Å². The zero-order valence-electron chi connectivity index (χ0n) is 12.1. The molecule has 114 valence electrons. The average Bonchev–Trinajstić information content (AvgIpc) is 2.90. The highest BCUT2D eigenvalue weighted by atomic mass is 35.5. The van der Waals surface area contributed by atoms with Crippen LogP contribution in [0.25, 0.3) is 0 Å². The molecule has 1 heterocycles. The standard InChI is InChI=1S/C15H19ClN2O3/c1-9(2)13-4-3-7-18(13)15(21)17-12-6-5-10(14(19)20)8-11(12)16/h5-6,8-9,13H,3-4,7H2,1-2H3,(H,17,21)(H,19,20). The van der Waals surface area contributed by atoms with Gasteiger partial charge in [-0.3, -0.25) is 0 Å². The molecule has 1 atom stereocenters. The van der Waals surface area contributed by atoms with Crippen LogP contribution in [0.2, 0.25) is 5.02 Å². The Morgan fingerprint density at radius 2 is 2.14 bits per heavy atom. The second kappa shape index (κ2) is 6.35. The van der Waals surface area contributed by atoms with Gasteiger partial charge in [0.1, 0.15) is 0 Å². The summed E-state index contributed by atoms with van der Waals surface area (Å²) in [7, 11) is 0. The fourth-order valence-corrected chi connectivity index (χ4v) is 2.90. The molecule has 1 unspecified atom stereocenters. The molecule has 1 fully saturated rings. The Morgan fingerprint density at radius 1 is 1.43 bits per heavy atom. The van der Waals surface area contributed by atoms with Gasteiger partial charge in [0.05, 0.1) is 16.3 Å². The maximum absolute atomic E-state index is 12.3. The van der Waals surface area contributed by atoms with E-state index in [2.05, 4.69) is 19.2 Å². The maximum atomic E-state index is 12.3. The normalized spacial score (nSPS) is 18.1. The lowest BCUT2D eigenvalue weighted by molar-refractivity contribution is 0.0697. The number of urea groups is 1. The molecule has 21 heavy (non-hydrogen) atoms. The van der Waals surface area contributed by atoms with E-state index in [0.717, 1.165) is 19.4 Å². The molecule has 1 aromatic rings. The van der Waals surface area contributed by atoms with Crippen LogP contribution >= 0.6 is 11.6 Å². The Kier molecular flexibility index (Phi) is 4.73. The minimum absolute atomic E-state index is 0.0965. The predicted octanol–water partition coefficient (Wildman–Crippen LogP) is 3.69. The summed E-state index contributed by atoms with van der Waals surface area (Å²) in [6.07, 6.45) is 2.01. The third-order valence-electron chi connectivity index (χ3n) is 3.79. The quantitative estimate of drug-likeness (QED) is 0.894. The number of carbonyl (C=O) groups is 2. The molecule has 0 bridgehead atoms. The van der Waals surface area contributed by atoms with E-state index in [9.17, 15) is 9.59 Å². The van der Waals surface area contributed by atoms with Crippen molar-refractivity contribution in [3.8, 4) is 0 Å². The topological polar surface area (TPSA) is 69.6 Å². The Balaban J connectivity index is 2.11. The molecule has 0 aromatic heterocycles. The summed E-state index contributed by atoms with van der Waals surface area (Å²) in [6.45, 7) is 4.94. The molecule has 2 N–H and O–H groups in total. The zero-order chi connectivity index (χ0) is 15.6. The van der Waals surface area contributed by atoms with E-state index in [1.807, 2.05) is 4.90 Å². The smallest absolute Gasteiger partial charge is 0.335 e. The summed E-state index contributed by atoms with van der Waals surface area (Å²) in [5.41, 5.74) is 0.528. The van der Waals surface area contributed by atoms with Gasteiger partial charge < -0.3 is 15.3 Å². The van der Waals surface area contributed by atoms with Crippen molar-refractivity contribution >= 4 is 29.3 Å². The largest absolute Gasteiger partial charge is 0.478 e. The first-order valence-electron chi connectivity index (χ1n) is 7.00. The molecule has 0 saturated carbocycles. The third-order valence-corrected chi connectivity index (χ3v) is 4.10. The molecule has 6 heteroatoms. The first-order valence-corrected chi connectivity index (χ1v) is 7.38. The fraction of sp³-hybridized carbons (Fsp3) is 0.467. The van der Waals surface area contributed by atoms with Gasteiger partial charge >= 0.3 is 12.0 Å². The molecule has 1 aliphatic heterocycles. The Hall–Kier alpha value is -1.75. The molecular weight excluding hydrogens is 292 g/mol. The highest BCUT2D eigenvalue weighted by Gasteiger charge is 2.31. The number of anilines is 1. The van der Waals surface area contributed by atoms with E-state index in [4.69, 9.17) is 16.7 Å². The number of hydrogen-bond acceptors (Lipinski definition) is 2. The van der Waals surface area contributed by atoms with E-state index < -0.39 is 5.97 Å². The first-order chi connectivity index (χ1) is 9.90. The van der Waals surface area contributed by atoms with Crippen LogP contribution in [-0.4, -0.2) is 34.6 Å². The van der Waals surface area contributed by atoms with Gasteiger partial charge in [-0.05, 0) is 37.0 Å². The van der Waals surface area contributed by atoms with Crippen molar-refractivity contribution in [2.24, 2.45) is 5.92 Å². The first kappa shape index (κ1) is 15.6. The van der Waals surface area contributed by atoms with Crippen molar-refractivity contribution in [2.45, 2.75) is 32.7 Å². The number of aromatic carboxylic acids is 1. The van der Waals surface area contributed by atoms with Crippen LogP contribution in [0.5, 0.6) is 0 Å². The monoisotopic (exact) mass is 310 g/mol. The van der Waals surface area contributed by atoms with Gasteiger partial charge in [0.2, 0.25) is 0 Å². The van der Waals surface area contributed by atoms with Crippen LogP contribution in [0.1, 0.15) is 37.0 Å². The van der Waals surface area contributed by atoms with Crippen LogP contribution in [0.15, 0.2) is 18.2 Å². The van der Waals surface area contributed by atoms with E-state index in [0.29, 0.717) is 11.6 Å². The molecule has 1 saturated heterocycles. The molecule has 0 aliphatic carbocycles. The average molecular weight is 311 g/mol. The molecule has 0 radical (unpaired) electrons. The summed E-state index contributed by atoms with van der Waals surface area (Å²) in [5, 5.41) is 11.9. The van der Waals surface area contributed by atoms with E-state index in [1.54, 1.807) is 0 Å². The van der Waals surface area contributed by atoms with Crippen molar-refractivity contribution in [3.05, 3.63) is 28.8 Å². The van der Waals surface area contributed by atoms with Crippen molar-refractivity contribution in [1.29, 1.82) is 0 Å². The number of hydrogen-bond donors (Lipinski definition) is 2. The number of carbonyl (C=O) groups excluding carboxylic acids is 1. The summed E-state index contributed by atoms with van der Waals surface area (Å²) in [4.78, 5) is 25.0. The molecule has 1 aromatic carbocycles. The van der Waals surface area contributed by atoms with Crippen LogP contribution in [-0.2, 0) is 0 Å². The minimum atomic E-state index is -1.05. The number of carboxylic acids is 1. The summed E-state index contributed by atoms with van der Waals surface area (Å²) in [5.74, 6) is -0.641. The van der Waals surface area contributed by atoms with Gasteiger partial charge in [0, 0.05) is 12.6 Å². The SMILES string of the molecule is CC(C)C1CCCN1C(=O)Nc1ccc(C(=O)O)cc1Cl. The Bertz CT molecular complexity index is 560. The summed E-state index contributed by atoms with van der Waals surface area (Å²) in [6, 6.07) is 4.33. The van der Waals surface area contributed by atoms with E-state index in [-0.39, 0.29) is 22.7 Å². The van der Waals surface area contributed by atoms with E-state index >= 15 is 0 Å².